The molecule has 0 saturated carbocycles. The number of imidazole rings is 1. The molecule has 3 nitrogen and oxygen atoms in total. The Balaban J connectivity index is 2.62. The van der Waals surface area contributed by atoms with Crippen molar-refractivity contribution < 1.29 is 0 Å². The fraction of sp³-hybridized carbons (Fsp3) is 0.300. The molecule has 0 saturated heterocycles. The summed E-state index contributed by atoms with van der Waals surface area (Å²) in [5, 5.41) is 0. The molecule has 0 bridgehead atoms. The fourth-order valence-corrected chi connectivity index (χ4v) is 1.34. The second kappa shape index (κ2) is 2.85. The lowest BCUT2D eigenvalue weighted by Crippen LogP contribution is -2.04. The van der Waals surface area contributed by atoms with Crippen LogP contribution in [0, 0.1) is 6.92 Å². The number of aromatic nitrogens is 2. The molecule has 1 unspecified atom stereocenters. The van der Waals surface area contributed by atoms with Crippen molar-refractivity contribution in [3.63, 3.8) is 0 Å². The molecule has 1 atom stereocenters. The lowest BCUT2D eigenvalue weighted by atomic mass is 10.3. The van der Waals surface area contributed by atoms with E-state index in [4.69, 9.17) is 5.73 Å². The molecule has 2 aromatic rings. The van der Waals surface area contributed by atoms with Gasteiger partial charge in [-0.2, -0.15) is 0 Å². The van der Waals surface area contributed by atoms with E-state index < -0.39 is 0 Å². The lowest BCUT2D eigenvalue weighted by molar-refractivity contribution is 0.790. The average molecular weight is 175 g/mol. The third-order valence-electron chi connectivity index (χ3n) is 2.08. The van der Waals surface area contributed by atoms with E-state index in [0.29, 0.717) is 0 Å². The third kappa shape index (κ3) is 1.42. The zero-order valence-electron chi connectivity index (χ0n) is 7.86. The van der Waals surface area contributed by atoms with Gasteiger partial charge in [0.15, 0.2) is 0 Å². The van der Waals surface area contributed by atoms with Gasteiger partial charge < -0.3 is 10.1 Å². The second-order valence-electron chi connectivity index (χ2n) is 3.43. The van der Waals surface area contributed by atoms with Crippen LogP contribution in [-0.4, -0.2) is 9.38 Å². The number of rotatable bonds is 1. The van der Waals surface area contributed by atoms with Gasteiger partial charge in [-0.05, 0) is 25.5 Å². The Kier molecular flexibility index (Phi) is 1.81. The van der Waals surface area contributed by atoms with Crippen LogP contribution in [0.2, 0.25) is 0 Å². The highest BCUT2D eigenvalue weighted by molar-refractivity contribution is 5.41. The number of fused-ring (bicyclic) bond motifs is 1. The van der Waals surface area contributed by atoms with Gasteiger partial charge in [0.25, 0.3) is 0 Å². The summed E-state index contributed by atoms with van der Waals surface area (Å²) >= 11 is 0. The molecule has 68 valence electrons. The molecule has 0 aliphatic carbocycles. The summed E-state index contributed by atoms with van der Waals surface area (Å²) in [6, 6.07) is 4.05. The Morgan fingerprint density at radius 2 is 2.15 bits per heavy atom. The molecule has 0 aliphatic rings. The number of hydrogen-bond donors (Lipinski definition) is 1. The van der Waals surface area contributed by atoms with Crippen molar-refractivity contribution in [3.8, 4) is 0 Å². The van der Waals surface area contributed by atoms with Crippen LogP contribution in [-0.2, 0) is 0 Å². The Morgan fingerprint density at radius 1 is 1.38 bits per heavy atom. The molecule has 13 heavy (non-hydrogen) atoms. The molecular formula is C10H13N3. The quantitative estimate of drug-likeness (QED) is 0.716. The number of nitrogens with two attached hydrogens (primary N) is 1. The fourth-order valence-electron chi connectivity index (χ4n) is 1.34. The minimum absolute atomic E-state index is 0.000191. The number of pyridine rings is 1. The van der Waals surface area contributed by atoms with E-state index >= 15 is 0 Å². The van der Waals surface area contributed by atoms with Gasteiger partial charge in [0, 0.05) is 18.4 Å². The van der Waals surface area contributed by atoms with Gasteiger partial charge in [0.05, 0.1) is 5.69 Å². The Labute approximate surface area is 77.2 Å². The van der Waals surface area contributed by atoms with Crippen LogP contribution < -0.4 is 5.73 Å². The summed E-state index contributed by atoms with van der Waals surface area (Å²) in [7, 11) is 0. The maximum absolute atomic E-state index is 5.74. The molecule has 0 spiro atoms. The number of hydrogen-bond acceptors (Lipinski definition) is 2. The summed E-state index contributed by atoms with van der Waals surface area (Å²) in [4.78, 5) is 4.39. The largest absolute Gasteiger partial charge is 0.323 e. The Morgan fingerprint density at radius 3 is 2.85 bits per heavy atom. The van der Waals surface area contributed by atoms with E-state index in [1.807, 2.05) is 35.9 Å². The zero-order valence-corrected chi connectivity index (χ0v) is 7.86. The van der Waals surface area contributed by atoms with Crippen LogP contribution in [0.4, 0.5) is 0 Å². The first-order valence-corrected chi connectivity index (χ1v) is 4.37. The van der Waals surface area contributed by atoms with E-state index in [2.05, 4.69) is 11.9 Å². The van der Waals surface area contributed by atoms with E-state index in [0.717, 1.165) is 11.3 Å². The average Bonchev–Trinajstić information content (AvgIpc) is 2.46. The summed E-state index contributed by atoms with van der Waals surface area (Å²) in [5.41, 5.74) is 8.86. The van der Waals surface area contributed by atoms with Crippen molar-refractivity contribution in [2.24, 2.45) is 5.73 Å². The Hall–Kier alpha value is -1.35. The molecule has 0 radical (unpaired) electrons. The normalized spacial score (nSPS) is 13.5. The summed E-state index contributed by atoms with van der Waals surface area (Å²) in [6.45, 7) is 4.00. The van der Waals surface area contributed by atoms with Crippen molar-refractivity contribution >= 4 is 5.65 Å². The van der Waals surface area contributed by atoms with Gasteiger partial charge in [-0.25, -0.2) is 4.98 Å². The Bertz CT molecular complexity index is 429. The van der Waals surface area contributed by atoms with E-state index in [9.17, 15) is 0 Å². The molecule has 3 heteroatoms. The first kappa shape index (κ1) is 8.26. The van der Waals surface area contributed by atoms with Crippen LogP contribution >= 0.6 is 0 Å². The predicted molar refractivity (Wildman–Crippen MR) is 52.5 cm³/mol. The second-order valence-corrected chi connectivity index (χ2v) is 3.43. The van der Waals surface area contributed by atoms with Crippen molar-refractivity contribution in [1.82, 2.24) is 9.38 Å². The van der Waals surface area contributed by atoms with E-state index in [-0.39, 0.29) is 6.04 Å². The topological polar surface area (TPSA) is 43.3 Å². The predicted octanol–water partition coefficient (Wildman–Crippen LogP) is 1.66. The van der Waals surface area contributed by atoms with Crippen LogP contribution in [0.1, 0.15) is 24.2 Å². The molecule has 2 rings (SSSR count). The third-order valence-corrected chi connectivity index (χ3v) is 2.08. The van der Waals surface area contributed by atoms with Gasteiger partial charge in [0.2, 0.25) is 0 Å². The number of nitrogens with zero attached hydrogens (tertiary/aromatic N) is 2. The summed E-state index contributed by atoms with van der Waals surface area (Å²) < 4.78 is 2.01. The van der Waals surface area contributed by atoms with Crippen LogP contribution in [0.5, 0.6) is 0 Å². The van der Waals surface area contributed by atoms with Gasteiger partial charge in [-0.3, -0.25) is 0 Å². The molecule has 0 aliphatic heterocycles. The van der Waals surface area contributed by atoms with Gasteiger partial charge >= 0.3 is 0 Å². The maximum atomic E-state index is 5.74. The first-order valence-electron chi connectivity index (χ1n) is 4.37. The molecule has 0 fully saturated rings. The molecular weight excluding hydrogens is 162 g/mol. The number of aryl methyl sites for hydroxylation is 1. The smallest absolute Gasteiger partial charge is 0.137 e. The highest BCUT2D eigenvalue weighted by Crippen LogP contribution is 2.11. The minimum Gasteiger partial charge on any atom is -0.323 e. The standard InChI is InChI=1S/C10H13N3/c1-7-3-4-10-12-9(8(2)11)6-13(10)5-7/h3-6,8H,11H2,1-2H3. The highest BCUT2D eigenvalue weighted by Gasteiger charge is 2.04. The van der Waals surface area contributed by atoms with E-state index in [1.165, 1.54) is 5.56 Å². The van der Waals surface area contributed by atoms with Crippen molar-refractivity contribution in [2.45, 2.75) is 19.9 Å². The maximum Gasteiger partial charge on any atom is 0.137 e. The molecule has 0 aromatic carbocycles. The van der Waals surface area contributed by atoms with Crippen molar-refractivity contribution in [3.05, 3.63) is 35.8 Å². The van der Waals surface area contributed by atoms with Crippen LogP contribution in [0.15, 0.2) is 24.5 Å². The lowest BCUT2D eigenvalue weighted by Gasteiger charge is -1.95. The zero-order chi connectivity index (χ0) is 9.42. The van der Waals surface area contributed by atoms with Crippen molar-refractivity contribution in [2.75, 3.05) is 0 Å². The SMILES string of the molecule is Cc1ccc2nc(C(C)N)cn2c1. The summed E-state index contributed by atoms with van der Waals surface area (Å²) in [6.07, 6.45) is 4.03. The molecule has 2 aromatic heterocycles. The van der Waals surface area contributed by atoms with Gasteiger partial charge in [-0.1, -0.05) is 6.07 Å². The minimum atomic E-state index is 0.000191. The first-order chi connectivity index (χ1) is 6.16. The monoisotopic (exact) mass is 175 g/mol. The highest BCUT2D eigenvalue weighted by atomic mass is 15.0. The molecule has 2 N–H and O–H groups in total. The summed E-state index contributed by atoms with van der Waals surface area (Å²) in [5.74, 6) is 0. The van der Waals surface area contributed by atoms with Gasteiger partial charge in [-0.15, -0.1) is 0 Å². The van der Waals surface area contributed by atoms with Crippen molar-refractivity contribution in [1.29, 1.82) is 0 Å². The van der Waals surface area contributed by atoms with E-state index in [1.54, 1.807) is 0 Å². The van der Waals surface area contributed by atoms with Crippen LogP contribution in [0.25, 0.3) is 5.65 Å². The molecule has 0 amide bonds. The van der Waals surface area contributed by atoms with Gasteiger partial charge in [0.1, 0.15) is 5.65 Å². The molecule has 2 heterocycles. The van der Waals surface area contributed by atoms with Crippen LogP contribution in [0.3, 0.4) is 0 Å².